The zero-order valence-electron chi connectivity index (χ0n) is 8.32. The lowest BCUT2D eigenvalue weighted by Gasteiger charge is -1.99. The van der Waals surface area contributed by atoms with Gasteiger partial charge in [-0.2, -0.15) is 16.7 Å². The summed E-state index contributed by atoms with van der Waals surface area (Å²) in [7, 11) is 0. The lowest BCUT2D eigenvalue weighted by atomic mass is 10.2. The Labute approximate surface area is 87.8 Å². The molecule has 0 radical (unpaired) electrons. The Kier molecular flexibility index (Phi) is 3.42. The smallest absolute Gasteiger partial charge is 0.240 e. The van der Waals surface area contributed by atoms with Crippen molar-refractivity contribution in [1.29, 1.82) is 0 Å². The van der Waals surface area contributed by atoms with Crippen LogP contribution in [0.3, 0.4) is 0 Å². The topological polar surface area (TPSA) is 51.0 Å². The molecule has 14 heavy (non-hydrogen) atoms. The highest BCUT2D eigenvalue weighted by molar-refractivity contribution is 7.99. The van der Waals surface area contributed by atoms with Gasteiger partial charge in [-0.1, -0.05) is 12.1 Å². The van der Waals surface area contributed by atoms with Gasteiger partial charge < -0.3 is 9.84 Å². The maximum absolute atomic E-state index is 5.14. The van der Waals surface area contributed by atoms with Crippen LogP contribution in [0.1, 0.15) is 36.7 Å². The Morgan fingerprint density at radius 1 is 1.64 bits per heavy atom. The van der Waals surface area contributed by atoms with Crippen molar-refractivity contribution in [3.63, 3.8) is 0 Å². The number of nitrogens with zero attached hydrogens (tertiary/aromatic N) is 2. The minimum absolute atomic E-state index is 0.467. The van der Waals surface area contributed by atoms with Crippen molar-refractivity contribution in [2.75, 3.05) is 12.3 Å². The molecule has 1 aliphatic rings. The summed E-state index contributed by atoms with van der Waals surface area (Å²) in [4.78, 5) is 4.37. The van der Waals surface area contributed by atoms with E-state index in [2.05, 4.69) is 22.4 Å². The molecular weight excluding hydrogens is 198 g/mol. The zero-order valence-corrected chi connectivity index (χ0v) is 9.14. The van der Waals surface area contributed by atoms with Gasteiger partial charge in [-0.25, -0.2) is 0 Å². The van der Waals surface area contributed by atoms with Gasteiger partial charge in [-0.3, -0.25) is 0 Å². The van der Waals surface area contributed by atoms with Gasteiger partial charge >= 0.3 is 0 Å². The summed E-state index contributed by atoms with van der Waals surface area (Å²) in [5, 5.41) is 7.64. The average Bonchev–Trinajstić information content (AvgIpc) is 2.85. The van der Waals surface area contributed by atoms with E-state index in [1.54, 1.807) is 0 Å². The van der Waals surface area contributed by atoms with Crippen LogP contribution in [0.2, 0.25) is 0 Å². The second kappa shape index (κ2) is 4.79. The molecule has 1 atom stereocenters. The van der Waals surface area contributed by atoms with Crippen molar-refractivity contribution in [3.8, 4) is 0 Å². The normalized spacial score (nSPS) is 21.6. The molecule has 0 bridgehead atoms. The monoisotopic (exact) mass is 213 g/mol. The molecule has 5 heteroatoms. The fourth-order valence-electron chi connectivity index (χ4n) is 1.48. The predicted molar refractivity (Wildman–Crippen MR) is 56.1 cm³/mol. The first-order chi connectivity index (χ1) is 6.90. The third-order valence-electron chi connectivity index (χ3n) is 2.23. The standard InChI is InChI=1S/C9H15N3OS/c1-2-10-6-8-11-9(12-13-8)7-4-3-5-14-7/h7,10H,2-6H2,1H3. The fraction of sp³-hybridized carbons (Fsp3) is 0.778. The first-order valence-corrected chi connectivity index (χ1v) is 6.10. The lowest BCUT2D eigenvalue weighted by Crippen LogP contribution is -2.11. The van der Waals surface area contributed by atoms with E-state index in [0.717, 1.165) is 12.4 Å². The zero-order chi connectivity index (χ0) is 9.80. The van der Waals surface area contributed by atoms with Crippen LogP contribution in [0.4, 0.5) is 0 Å². The van der Waals surface area contributed by atoms with Crippen LogP contribution in [0.25, 0.3) is 0 Å². The van der Waals surface area contributed by atoms with Crippen molar-refractivity contribution in [2.45, 2.75) is 31.6 Å². The van der Waals surface area contributed by atoms with E-state index in [9.17, 15) is 0 Å². The van der Waals surface area contributed by atoms with Crippen LogP contribution >= 0.6 is 11.8 Å². The molecule has 1 fully saturated rings. The van der Waals surface area contributed by atoms with E-state index in [1.165, 1.54) is 18.6 Å². The van der Waals surface area contributed by atoms with Gasteiger partial charge in [-0.15, -0.1) is 0 Å². The average molecular weight is 213 g/mol. The number of rotatable bonds is 4. The maximum atomic E-state index is 5.14. The van der Waals surface area contributed by atoms with Crippen molar-refractivity contribution in [2.24, 2.45) is 0 Å². The molecule has 1 aromatic heterocycles. The Bertz CT molecular complexity index is 283. The highest BCUT2D eigenvalue weighted by Gasteiger charge is 2.22. The Hall–Kier alpha value is -0.550. The van der Waals surface area contributed by atoms with Gasteiger partial charge in [0.1, 0.15) is 0 Å². The van der Waals surface area contributed by atoms with E-state index in [4.69, 9.17) is 4.52 Å². The van der Waals surface area contributed by atoms with Gasteiger partial charge in [0.05, 0.1) is 11.8 Å². The summed E-state index contributed by atoms with van der Waals surface area (Å²) < 4.78 is 5.14. The minimum Gasteiger partial charge on any atom is -0.338 e. The number of aromatic nitrogens is 2. The molecule has 0 aliphatic carbocycles. The summed E-state index contributed by atoms with van der Waals surface area (Å²) in [6.07, 6.45) is 2.46. The molecule has 0 aromatic carbocycles. The first-order valence-electron chi connectivity index (χ1n) is 5.05. The van der Waals surface area contributed by atoms with Crippen LogP contribution in [-0.4, -0.2) is 22.4 Å². The summed E-state index contributed by atoms with van der Waals surface area (Å²) in [5.41, 5.74) is 0. The molecular formula is C9H15N3OS. The van der Waals surface area contributed by atoms with E-state index < -0.39 is 0 Å². The Morgan fingerprint density at radius 3 is 3.29 bits per heavy atom. The largest absolute Gasteiger partial charge is 0.338 e. The maximum Gasteiger partial charge on any atom is 0.240 e. The summed E-state index contributed by atoms with van der Waals surface area (Å²) in [5.74, 6) is 2.80. The number of hydrogen-bond acceptors (Lipinski definition) is 5. The van der Waals surface area contributed by atoms with Crippen molar-refractivity contribution in [3.05, 3.63) is 11.7 Å². The van der Waals surface area contributed by atoms with Crippen molar-refractivity contribution >= 4 is 11.8 Å². The highest BCUT2D eigenvalue weighted by atomic mass is 32.2. The molecule has 1 saturated heterocycles. The Balaban J connectivity index is 1.94. The van der Waals surface area contributed by atoms with E-state index in [0.29, 0.717) is 17.7 Å². The minimum atomic E-state index is 0.467. The van der Waals surface area contributed by atoms with Crippen molar-refractivity contribution in [1.82, 2.24) is 15.5 Å². The van der Waals surface area contributed by atoms with Crippen LogP contribution in [0.15, 0.2) is 4.52 Å². The SMILES string of the molecule is CCNCc1nc(C2CCCS2)no1. The van der Waals surface area contributed by atoms with Gasteiger partial charge in [0.25, 0.3) is 0 Å². The molecule has 0 amide bonds. The van der Waals surface area contributed by atoms with Crippen LogP contribution in [0, 0.1) is 0 Å². The first kappa shape index (κ1) is 9.98. The molecule has 2 heterocycles. The van der Waals surface area contributed by atoms with Gasteiger partial charge in [0.2, 0.25) is 5.89 Å². The van der Waals surface area contributed by atoms with E-state index >= 15 is 0 Å². The quantitative estimate of drug-likeness (QED) is 0.825. The van der Waals surface area contributed by atoms with Crippen LogP contribution < -0.4 is 5.32 Å². The second-order valence-corrected chi connectivity index (χ2v) is 4.64. The number of hydrogen-bond donors (Lipinski definition) is 1. The van der Waals surface area contributed by atoms with Crippen molar-refractivity contribution < 1.29 is 4.52 Å². The van der Waals surface area contributed by atoms with Gasteiger partial charge in [-0.05, 0) is 25.1 Å². The lowest BCUT2D eigenvalue weighted by molar-refractivity contribution is 0.364. The molecule has 1 aromatic rings. The van der Waals surface area contributed by atoms with Gasteiger partial charge in [0.15, 0.2) is 5.82 Å². The Morgan fingerprint density at radius 2 is 2.57 bits per heavy atom. The number of thioether (sulfide) groups is 1. The highest BCUT2D eigenvalue weighted by Crippen LogP contribution is 2.38. The van der Waals surface area contributed by atoms with E-state index in [1.807, 2.05) is 11.8 Å². The second-order valence-electron chi connectivity index (χ2n) is 3.33. The number of nitrogens with one attached hydrogen (secondary N) is 1. The van der Waals surface area contributed by atoms with E-state index in [-0.39, 0.29) is 0 Å². The predicted octanol–water partition coefficient (Wildman–Crippen LogP) is 1.75. The molecule has 2 rings (SSSR count). The van der Waals surface area contributed by atoms with Crippen LogP contribution in [0.5, 0.6) is 0 Å². The van der Waals surface area contributed by atoms with Gasteiger partial charge in [0, 0.05) is 0 Å². The molecule has 1 unspecified atom stereocenters. The summed E-state index contributed by atoms with van der Waals surface area (Å²) in [6.45, 7) is 3.67. The molecule has 0 spiro atoms. The molecule has 0 saturated carbocycles. The summed E-state index contributed by atoms with van der Waals surface area (Å²) in [6, 6.07) is 0. The molecule has 78 valence electrons. The summed E-state index contributed by atoms with van der Waals surface area (Å²) >= 11 is 1.93. The molecule has 4 nitrogen and oxygen atoms in total. The third kappa shape index (κ3) is 2.27. The van der Waals surface area contributed by atoms with Crippen LogP contribution in [-0.2, 0) is 6.54 Å². The molecule has 1 aliphatic heterocycles. The fourth-order valence-corrected chi connectivity index (χ4v) is 2.68. The third-order valence-corrected chi connectivity index (χ3v) is 3.60. The molecule has 1 N–H and O–H groups in total.